The molecular weight excluding hydrogens is 360 g/mol. The van der Waals surface area contributed by atoms with Gasteiger partial charge in [-0.1, -0.05) is 30.3 Å². The first-order valence-corrected chi connectivity index (χ1v) is 9.70. The standard InChI is InChI=1S/C24H22N4O/c1-3-28-22-11-7-5-9-19(22)20-14-18(12-13-23(20)28)26-16(2)24(29)27-21-10-6-4-8-17(21)15-25/h4-14,16,26H,3H2,1-2H3,(H,27,29). The van der Waals surface area contributed by atoms with Crippen LogP contribution in [0.15, 0.2) is 66.7 Å². The molecule has 0 radical (unpaired) electrons. The van der Waals surface area contributed by atoms with Crippen molar-refractivity contribution in [2.45, 2.75) is 26.4 Å². The molecule has 0 fully saturated rings. The molecule has 5 nitrogen and oxygen atoms in total. The summed E-state index contributed by atoms with van der Waals surface area (Å²) in [6, 6.07) is 23.2. The summed E-state index contributed by atoms with van der Waals surface area (Å²) in [7, 11) is 0. The number of anilines is 2. The molecule has 0 spiro atoms. The van der Waals surface area contributed by atoms with Crippen LogP contribution in [0.25, 0.3) is 21.8 Å². The van der Waals surface area contributed by atoms with E-state index >= 15 is 0 Å². The first-order chi connectivity index (χ1) is 14.1. The summed E-state index contributed by atoms with van der Waals surface area (Å²) in [5, 5.41) is 17.7. The highest BCUT2D eigenvalue weighted by Gasteiger charge is 2.16. The maximum absolute atomic E-state index is 12.6. The van der Waals surface area contributed by atoms with Crippen LogP contribution in [0.5, 0.6) is 0 Å². The average molecular weight is 382 g/mol. The molecule has 5 heteroatoms. The third kappa shape index (κ3) is 3.41. The van der Waals surface area contributed by atoms with Crippen LogP contribution in [-0.4, -0.2) is 16.5 Å². The van der Waals surface area contributed by atoms with E-state index in [9.17, 15) is 10.1 Å². The minimum atomic E-state index is -0.460. The van der Waals surface area contributed by atoms with Gasteiger partial charge in [-0.05, 0) is 50.2 Å². The van der Waals surface area contributed by atoms with Crippen molar-refractivity contribution < 1.29 is 4.79 Å². The fraction of sp³-hybridized carbons (Fsp3) is 0.167. The number of nitriles is 1. The van der Waals surface area contributed by atoms with Gasteiger partial charge in [-0.15, -0.1) is 0 Å². The second kappa shape index (κ2) is 7.69. The third-order valence-electron chi connectivity index (χ3n) is 5.17. The Kier molecular flexibility index (Phi) is 4.92. The molecule has 1 aromatic heterocycles. The molecule has 0 aliphatic heterocycles. The Bertz CT molecular complexity index is 1250. The number of para-hydroxylation sites is 2. The molecule has 29 heavy (non-hydrogen) atoms. The number of carbonyl (C=O) groups excluding carboxylic acids is 1. The van der Waals surface area contributed by atoms with Gasteiger partial charge in [-0.25, -0.2) is 0 Å². The molecule has 0 aliphatic rings. The molecule has 1 amide bonds. The van der Waals surface area contributed by atoms with Crippen LogP contribution in [0.1, 0.15) is 19.4 Å². The van der Waals surface area contributed by atoms with E-state index in [1.165, 1.54) is 16.4 Å². The Morgan fingerprint density at radius 3 is 2.55 bits per heavy atom. The van der Waals surface area contributed by atoms with E-state index in [2.05, 4.69) is 58.5 Å². The maximum atomic E-state index is 12.6. The molecule has 4 aromatic rings. The maximum Gasteiger partial charge on any atom is 0.246 e. The van der Waals surface area contributed by atoms with E-state index < -0.39 is 6.04 Å². The molecule has 1 atom stereocenters. The molecule has 0 aliphatic carbocycles. The van der Waals surface area contributed by atoms with Gasteiger partial charge in [0.05, 0.1) is 11.3 Å². The van der Waals surface area contributed by atoms with Gasteiger partial charge in [-0.2, -0.15) is 5.26 Å². The second-order valence-electron chi connectivity index (χ2n) is 7.01. The summed E-state index contributed by atoms with van der Waals surface area (Å²) in [5.41, 5.74) is 4.24. The fourth-order valence-corrected chi connectivity index (χ4v) is 3.73. The van der Waals surface area contributed by atoms with Crippen molar-refractivity contribution in [3.05, 3.63) is 72.3 Å². The van der Waals surface area contributed by atoms with Crippen molar-refractivity contribution in [2.24, 2.45) is 0 Å². The van der Waals surface area contributed by atoms with Gasteiger partial charge in [-0.3, -0.25) is 4.79 Å². The molecule has 2 N–H and O–H groups in total. The summed E-state index contributed by atoms with van der Waals surface area (Å²) >= 11 is 0. The number of amides is 1. The van der Waals surface area contributed by atoms with Crippen LogP contribution in [0.2, 0.25) is 0 Å². The van der Waals surface area contributed by atoms with Crippen LogP contribution in [0, 0.1) is 11.3 Å². The SMILES string of the molecule is CCn1c2ccccc2c2cc(NC(C)C(=O)Nc3ccccc3C#N)ccc21. The normalized spacial score (nSPS) is 11.9. The zero-order valence-electron chi connectivity index (χ0n) is 16.4. The number of nitrogens with zero attached hydrogens (tertiary/aromatic N) is 2. The minimum absolute atomic E-state index is 0.191. The summed E-state index contributed by atoms with van der Waals surface area (Å²) in [4.78, 5) is 12.6. The van der Waals surface area contributed by atoms with Crippen molar-refractivity contribution in [2.75, 3.05) is 10.6 Å². The van der Waals surface area contributed by atoms with Gasteiger partial charge in [0.2, 0.25) is 5.91 Å². The molecule has 144 valence electrons. The summed E-state index contributed by atoms with van der Waals surface area (Å²) in [5.74, 6) is -0.191. The van der Waals surface area contributed by atoms with Gasteiger partial charge in [0.25, 0.3) is 0 Å². The quantitative estimate of drug-likeness (QED) is 0.503. The lowest BCUT2D eigenvalue weighted by Gasteiger charge is -2.16. The molecule has 0 saturated carbocycles. The van der Waals surface area contributed by atoms with E-state index in [0.717, 1.165) is 17.6 Å². The highest BCUT2D eigenvalue weighted by atomic mass is 16.2. The molecule has 0 bridgehead atoms. The highest BCUT2D eigenvalue weighted by Crippen LogP contribution is 2.31. The summed E-state index contributed by atoms with van der Waals surface area (Å²) in [6.07, 6.45) is 0. The van der Waals surface area contributed by atoms with E-state index in [1.807, 2.05) is 19.1 Å². The summed E-state index contributed by atoms with van der Waals surface area (Å²) in [6.45, 7) is 4.85. The molecular formula is C24H22N4O. The molecule has 0 saturated heterocycles. The molecule has 3 aromatic carbocycles. The second-order valence-corrected chi connectivity index (χ2v) is 7.01. The fourth-order valence-electron chi connectivity index (χ4n) is 3.73. The largest absolute Gasteiger partial charge is 0.374 e. The smallest absolute Gasteiger partial charge is 0.246 e. The Labute approximate surface area is 169 Å². The lowest BCUT2D eigenvalue weighted by atomic mass is 10.1. The number of fused-ring (bicyclic) bond motifs is 3. The minimum Gasteiger partial charge on any atom is -0.374 e. The molecule has 1 unspecified atom stereocenters. The van der Waals surface area contributed by atoms with E-state index in [-0.39, 0.29) is 5.91 Å². The molecule has 4 rings (SSSR count). The number of nitrogens with one attached hydrogen (secondary N) is 2. The highest BCUT2D eigenvalue weighted by molar-refractivity contribution is 6.09. The van der Waals surface area contributed by atoms with Crippen molar-refractivity contribution in [3.8, 4) is 6.07 Å². The van der Waals surface area contributed by atoms with Crippen LogP contribution < -0.4 is 10.6 Å². The van der Waals surface area contributed by atoms with Gasteiger partial charge in [0, 0.05) is 34.0 Å². The number of hydrogen-bond donors (Lipinski definition) is 2. The van der Waals surface area contributed by atoms with Crippen LogP contribution in [0.3, 0.4) is 0 Å². The number of aromatic nitrogens is 1. The van der Waals surface area contributed by atoms with E-state index in [0.29, 0.717) is 11.3 Å². The number of carbonyl (C=O) groups is 1. The van der Waals surface area contributed by atoms with Gasteiger partial charge >= 0.3 is 0 Å². The number of aryl methyl sites for hydroxylation is 1. The Hall–Kier alpha value is -3.78. The molecule has 1 heterocycles. The van der Waals surface area contributed by atoms with Crippen LogP contribution in [0.4, 0.5) is 11.4 Å². The Balaban J connectivity index is 1.60. The van der Waals surface area contributed by atoms with Crippen molar-refractivity contribution >= 4 is 39.1 Å². The lowest BCUT2D eigenvalue weighted by molar-refractivity contribution is -0.116. The predicted octanol–water partition coefficient (Wildman–Crippen LogP) is 5.13. The lowest BCUT2D eigenvalue weighted by Crippen LogP contribution is -2.32. The van der Waals surface area contributed by atoms with E-state index in [1.54, 1.807) is 24.3 Å². The van der Waals surface area contributed by atoms with Crippen LogP contribution in [-0.2, 0) is 11.3 Å². The number of benzene rings is 3. The van der Waals surface area contributed by atoms with Crippen molar-refractivity contribution in [1.29, 1.82) is 5.26 Å². The predicted molar refractivity (Wildman–Crippen MR) is 118 cm³/mol. The summed E-state index contributed by atoms with van der Waals surface area (Å²) < 4.78 is 2.30. The van der Waals surface area contributed by atoms with Crippen molar-refractivity contribution in [3.63, 3.8) is 0 Å². The Morgan fingerprint density at radius 2 is 1.76 bits per heavy atom. The number of hydrogen-bond acceptors (Lipinski definition) is 3. The van der Waals surface area contributed by atoms with Gasteiger partial charge < -0.3 is 15.2 Å². The van der Waals surface area contributed by atoms with Crippen LogP contribution >= 0.6 is 0 Å². The zero-order chi connectivity index (χ0) is 20.4. The number of rotatable bonds is 5. The van der Waals surface area contributed by atoms with E-state index in [4.69, 9.17) is 0 Å². The zero-order valence-corrected chi connectivity index (χ0v) is 16.4. The first kappa shape index (κ1) is 18.6. The average Bonchev–Trinajstić information content (AvgIpc) is 3.07. The Morgan fingerprint density at radius 1 is 1.03 bits per heavy atom. The third-order valence-corrected chi connectivity index (χ3v) is 5.17. The monoisotopic (exact) mass is 382 g/mol. The van der Waals surface area contributed by atoms with Crippen molar-refractivity contribution in [1.82, 2.24) is 4.57 Å². The van der Waals surface area contributed by atoms with Gasteiger partial charge in [0.15, 0.2) is 0 Å². The first-order valence-electron chi connectivity index (χ1n) is 9.70. The topological polar surface area (TPSA) is 69.8 Å². The van der Waals surface area contributed by atoms with Gasteiger partial charge in [0.1, 0.15) is 12.1 Å².